The number of methoxy groups -OCH3 is 2. The number of ether oxygens (including phenoxy) is 2. The molecule has 3 N–H and O–H groups in total. The predicted molar refractivity (Wildman–Crippen MR) is 97.7 cm³/mol. The van der Waals surface area contributed by atoms with Gasteiger partial charge in [-0.3, -0.25) is 0 Å². The van der Waals surface area contributed by atoms with Crippen molar-refractivity contribution in [3.63, 3.8) is 0 Å². The van der Waals surface area contributed by atoms with Gasteiger partial charge in [-0.05, 0) is 30.9 Å². The van der Waals surface area contributed by atoms with Crippen molar-refractivity contribution in [2.45, 2.75) is 45.2 Å². The van der Waals surface area contributed by atoms with Gasteiger partial charge in [0.1, 0.15) is 32.7 Å². The Hall–Kier alpha value is -1.46. The third-order valence-electron chi connectivity index (χ3n) is 6.11. The van der Waals surface area contributed by atoms with E-state index in [1.165, 1.54) is 51.9 Å². The highest BCUT2D eigenvalue weighted by molar-refractivity contribution is 5.52. The van der Waals surface area contributed by atoms with E-state index in [1.807, 2.05) is 17.0 Å². The van der Waals surface area contributed by atoms with Crippen LogP contribution in [0.1, 0.15) is 38.2 Å². The van der Waals surface area contributed by atoms with Crippen molar-refractivity contribution in [2.24, 2.45) is 5.92 Å². The van der Waals surface area contributed by atoms with Gasteiger partial charge in [-0.1, -0.05) is 13.3 Å². The lowest BCUT2D eigenvalue weighted by atomic mass is 9.86. The second kappa shape index (κ2) is 8.28. The molecule has 3 rings (SSSR count). The first kappa shape index (κ1) is 18.3. The van der Waals surface area contributed by atoms with Crippen molar-refractivity contribution in [3.05, 3.63) is 17.7 Å². The van der Waals surface area contributed by atoms with Crippen LogP contribution in [-0.2, 0) is 6.54 Å². The van der Waals surface area contributed by atoms with Gasteiger partial charge in [-0.25, -0.2) is 0 Å². The quantitative estimate of drug-likeness (QED) is 0.715. The maximum absolute atomic E-state index is 10.1. The van der Waals surface area contributed by atoms with Gasteiger partial charge >= 0.3 is 0 Å². The summed E-state index contributed by atoms with van der Waals surface area (Å²) >= 11 is 0. The van der Waals surface area contributed by atoms with Crippen LogP contribution in [0.5, 0.6) is 17.2 Å². The van der Waals surface area contributed by atoms with E-state index < -0.39 is 0 Å². The van der Waals surface area contributed by atoms with Gasteiger partial charge in [-0.2, -0.15) is 0 Å². The molecule has 1 saturated heterocycles. The van der Waals surface area contributed by atoms with Crippen LogP contribution >= 0.6 is 0 Å². The number of piperazine rings is 1. The van der Waals surface area contributed by atoms with Crippen molar-refractivity contribution in [1.29, 1.82) is 0 Å². The molecule has 0 unspecified atom stereocenters. The molecule has 1 aromatic carbocycles. The molecule has 1 heterocycles. The van der Waals surface area contributed by atoms with Gasteiger partial charge in [0.2, 0.25) is 5.75 Å². The fourth-order valence-corrected chi connectivity index (χ4v) is 4.65. The molecule has 2 aliphatic rings. The second-order valence-electron chi connectivity index (χ2n) is 7.90. The fourth-order valence-electron chi connectivity index (χ4n) is 4.65. The third-order valence-corrected chi connectivity index (χ3v) is 6.11. The minimum absolute atomic E-state index is 0.0874. The first-order chi connectivity index (χ1) is 12.1. The van der Waals surface area contributed by atoms with Gasteiger partial charge in [0.25, 0.3) is 0 Å². The maximum atomic E-state index is 10.1. The van der Waals surface area contributed by atoms with E-state index in [-0.39, 0.29) is 5.75 Å². The molecule has 0 radical (unpaired) electrons. The summed E-state index contributed by atoms with van der Waals surface area (Å²) in [6.45, 7) is 8.36. The second-order valence-corrected chi connectivity index (χ2v) is 7.90. The first-order valence-corrected chi connectivity index (χ1v) is 9.72. The lowest BCUT2D eigenvalue weighted by Crippen LogP contribution is -3.29. The summed E-state index contributed by atoms with van der Waals surface area (Å²) in [5, 5.41) is 10.1. The Morgan fingerprint density at radius 1 is 1.04 bits per heavy atom. The van der Waals surface area contributed by atoms with Crippen molar-refractivity contribution < 1.29 is 24.4 Å². The molecular weight excluding hydrogens is 316 g/mol. The minimum Gasteiger partial charge on any atom is -0.502 e. The summed E-state index contributed by atoms with van der Waals surface area (Å²) < 4.78 is 10.6. The number of hydrogen-bond acceptors (Lipinski definition) is 3. The predicted octanol–water partition coefficient (Wildman–Crippen LogP) is 0.272. The Balaban J connectivity index is 1.57. The first-order valence-electron chi connectivity index (χ1n) is 9.72. The average molecular weight is 351 g/mol. The third kappa shape index (κ3) is 4.39. The topological polar surface area (TPSA) is 47.6 Å². The lowest BCUT2D eigenvalue weighted by molar-refractivity contribution is -1.03. The lowest BCUT2D eigenvalue weighted by Gasteiger charge is -2.37. The smallest absolute Gasteiger partial charge is 0.200 e. The van der Waals surface area contributed by atoms with E-state index in [1.54, 1.807) is 19.1 Å². The van der Waals surface area contributed by atoms with Crippen molar-refractivity contribution in [1.82, 2.24) is 0 Å². The molecule has 1 saturated carbocycles. The highest BCUT2D eigenvalue weighted by Gasteiger charge is 2.32. The number of quaternary nitrogens is 2. The maximum Gasteiger partial charge on any atom is 0.200 e. The number of rotatable bonds is 5. The van der Waals surface area contributed by atoms with E-state index in [2.05, 4.69) is 6.92 Å². The van der Waals surface area contributed by atoms with Crippen molar-refractivity contribution in [3.8, 4) is 17.2 Å². The molecule has 1 aromatic rings. The summed E-state index contributed by atoms with van der Waals surface area (Å²) in [6.07, 6.45) is 5.67. The van der Waals surface area contributed by atoms with Crippen LogP contribution in [0.15, 0.2) is 12.1 Å². The highest BCUT2D eigenvalue weighted by atomic mass is 16.5. The van der Waals surface area contributed by atoms with Crippen LogP contribution in [-0.4, -0.2) is 51.5 Å². The largest absolute Gasteiger partial charge is 0.502 e. The van der Waals surface area contributed by atoms with E-state index in [0.29, 0.717) is 11.5 Å². The van der Waals surface area contributed by atoms with Gasteiger partial charge in [0.15, 0.2) is 11.5 Å². The summed E-state index contributed by atoms with van der Waals surface area (Å²) in [7, 11) is 3.16. The Kier molecular flexibility index (Phi) is 6.07. The van der Waals surface area contributed by atoms with Crippen LogP contribution in [0.2, 0.25) is 0 Å². The molecule has 0 bridgehead atoms. The summed E-state index contributed by atoms with van der Waals surface area (Å²) in [6, 6.07) is 4.76. The molecule has 2 atom stereocenters. The van der Waals surface area contributed by atoms with Crippen LogP contribution in [0.25, 0.3) is 0 Å². The molecular formula is C20H34N2O3+2. The Bertz CT molecular complexity index is 545. The normalized spacial score (nSPS) is 30.0. The highest BCUT2D eigenvalue weighted by Crippen LogP contribution is 2.36. The van der Waals surface area contributed by atoms with Crippen molar-refractivity contribution in [2.75, 3.05) is 40.4 Å². The Morgan fingerprint density at radius 3 is 2.24 bits per heavy atom. The fraction of sp³-hybridized carbons (Fsp3) is 0.700. The molecule has 1 aliphatic carbocycles. The number of phenolic OH excluding ortho intramolecular Hbond substituents is 1. The Labute approximate surface area is 151 Å². The molecule has 1 aliphatic heterocycles. The van der Waals surface area contributed by atoms with Crippen LogP contribution in [0, 0.1) is 5.92 Å². The van der Waals surface area contributed by atoms with Crippen molar-refractivity contribution >= 4 is 0 Å². The zero-order valence-electron chi connectivity index (χ0n) is 15.9. The van der Waals surface area contributed by atoms with Crippen LogP contribution < -0.4 is 19.3 Å². The zero-order chi connectivity index (χ0) is 17.8. The van der Waals surface area contributed by atoms with Gasteiger partial charge in [0, 0.05) is 12.0 Å². The van der Waals surface area contributed by atoms with Gasteiger partial charge in [0.05, 0.1) is 20.3 Å². The number of benzene rings is 1. The Morgan fingerprint density at radius 2 is 1.68 bits per heavy atom. The SMILES string of the molecule is COc1cc(C[NH+]2CC[NH+]([C@H]3CCC[C@H](C)C3)CC2)cc(OC)c1O. The molecule has 5 nitrogen and oxygen atoms in total. The number of hydrogen-bond donors (Lipinski definition) is 3. The standard InChI is InChI=1S/C20H32N2O3/c1-15-5-4-6-17(11-15)22-9-7-21(8-10-22)14-16-12-18(24-2)20(23)19(13-16)25-3/h12-13,15,17,23H,4-11,14H2,1-3H3/p+2/t15-,17-/m0/s1. The van der Waals surface area contributed by atoms with E-state index in [4.69, 9.17) is 9.47 Å². The number of nitrogens with one attached hydrogen (secondary N) is 2. The number of aromatic hydroxyl groups is 1. The molecule has 2 fully saturated rings. The van der Waals surface area contributed by atoms with E-state index in [9.17, 15) is 5.11 Å². The van der Waals surface area contributed by atoms with Crippen LogP contribution in [0.3, 0.4) is 0 Å². The molecule has 0 amide bonds. The number of phenols is 1. The summed E-state index contributed by atoms with van der Waals surface area (Å²) in [5.41, 5.74) is 1.16. The van der Waals surface area contributed by atoms with E-state index in [0.717, 1.165) is 24.1 Å². The molecule has 0 spiro atoms. The van der Waals surface area contributed by atoms with E-state index >= 15 is 0 Å². The average Bonchev–Trinajstić information content (AvgIpc) is 2.63. The summed E-state index contributed by atoms with van der Waals surface area (Å²) in [4.78, 5) is 3.44. The molecule has 0 aromatic heterocycles. The zero-order valence-corrected chi connectivity index (χ0v) is 15.9. The minimum atomic E-state index is 0.0874. The van der Waals surface area contributed by atoms with Gasteiger partial charge in [-0.15, -0.1) is 0 Å². The molecule has 140 valence electrons. The van der Waals surface area contributed by atoms with Crippen LogP contribution in [0.4, 0.5) is 0 Å². The van der Waals surface area contributed by atoms with Gasteiger partial charge < -0.3 is 24.4 Å². The molecule has 25 heavy (non-hydrogen) atoms. The molecule has 5 heteroatoms. The summed E-state index contributed by atoms with van der Waals surface area (Å²) in [5.74, 6) is 1.99. The monoisotopic (exact) mass is 350 g/mol.